The van der Waals surface area contributed by atoms with E-state index in [0.717, 1.165) is 17.2 Å². The van der Waals surface area contributed by atoms with E-state index >= 15 is 0 Å². The summed E-state index contributed by atoms with van der Waals surface area (Å²) in [4.78, 5) is 3.70. The van der Waals surface area contributed by atoms with Gasteiger partial charge in [0, 0.05) is 0 Å². The first-order chi connectivity index (χ1) is 15.7. The lowest BCUT2D eigenvalue weighted by molar-refractivity contribution is -0.0000186. The fraction of sp³-hybridized carbons (Fsp3) is 0.400. The second-order valence-electron chi connectivity index (χ2n) is 11.4. The number of rotatable bonds is 6. The van der Waals surface area contributed by atoms with Gasteiger partial charge in [0.15, 0.2) is 14.7 Å². The molecule has 0 saturated heterocycles. The Balaban J connectivity index is 0.00000432. The van der Waals surface area contributed by atoms with Crippen molar-refractivity contribution in [3.8, 4) is 17.2 Å². The molecular formula is C30H39FO3S. The van der Waals surface area contributed by atoms with E-state index < -0.39 is 0 Å². The molecule has 0 radical (unpaired) electrons. The van der Waals surface area contributed by atoms with Crippen LogP contribution >= 0.6 is 0 Å². The molecule has 0 aliphatic heterocycles. The summed E-state index contributed by atoms with van der Waals surface area (Å²) < 4.78 is 18.1. The highest BCUT2D eigenvalue weighted by Crippen LogP contribution is 2.35. The molecule has 3 aromatic rings. The van der Waals surface area contributed by atoms with Crippen LogP contribution in [-0.4, -0.2) is 16.8 Å². The third kappa shape index (κ3) is 9.14. The molecule has 3 rings (SSSR count). The Kier molecular flexibility index (Phi) is 8.94. The van der Waals surface area contributed by atoms with Gasteiger partial charge in [-0.3, -0.25) is 0 Å². The third-order valence-electron chi connectivity index (χ3n) is 4.45. The molecule has 190 valence electrons. The number of hydrogen-bond donors (Lipinski definition) is 0. The number of hydrogen-bond acceptors (Lipinski definition) is 3. The molecule has 0 aliphatic carbocycles. The van der Waals surface area contributed by atoms with Gasteiger partial charge in [0.1, 0.15) is 34.1 Å². The van der Waals surface area contributed by atoms with Crippen molar-refractivity contribution < 1.29 is 18.9 Å². The molecule has 0 spiro atoms. The number of benzene rings is 3. The summed E-state index contributed by atoms with van der Waals surface area (Å²) in [5.41, 5.74) is -0.682. The van der Waals surface area contributed by atoms with Crippen LogP contribution in [0.1, 0.15) is 62.3 Å². The minimum absolute atomic E-state index is 0. The summed E-state index contributed by atoms with van der Waals surface area (Å²) in [5, 5.41) is 0. The first kappa shape index (κ1) is 28.6. The largest absolute Gasteiger partial charge is 1.00 e. The van der Waals surface area contributed by atoms with Gasteiger partial charge in [-0.1, -0.05) is 0 Å². The maximum atomic E-state index is 6.04. The monoisotopic (exact) mass is 498 g/mol. The molecule has 3 nitrogen and oxygen atoms in total. The Bertz CT molecular complexity index is 914. The average Bonchev–Trinajstić information content (AvgIpc) is 2.69. The zero-order chi connectivity index (χ0) is 25.1. The average molecular weight is 499 g/mol. The van der Waals surface area contributed by atoms with Gasteiger partial charge in [-0.15, -0.1) is 0 Å². The summed E-state index contributed by atoms with van der Waals surface area (Å²) in [6.45, 7) is 18.6. The van der Waals surface area contributed by atoms with Crippen molar-refractivity contribution in [3.05, 3.63) is 72.8 Å². The molecule has 5 heteroatoms. The maximum Gasteiger partial charge on any atom is 0.166 e. The molecule has 3 aromatic carbocycles. The standard InChI is InChI=1S/C30H39O3S.FH/c1-28(2,3)31-22-10-16-25(17-11-22)34(26-18-12-23(13-19-26)32-29(4,5)6)27-20-14-24(15-21-27)33-30(7,8)9;/h10-21H,1-9H3;1H/q+1;/p-1. The van der Waals surface area contributed by atoms with E-state index in [1.54, 1.807) is 0 Å². The summed E-state index contributed by atoms with van der Waals surface area (Å²) in [7, 11) is -0.276. The van der Waals surface area contributed by atoms with Crippen LogP contribution < -0.4 is 18.9 Å². The van der Waals surface area contributed by atoms with Crippen molar-refractivity contribution >= 4 is 10.9 Å². The Morgan fingerprint density at radius 1 is 0.400 bits per heavy atom. The quantitative estimate of drug-likeness (QED) is 0.431. The predicted molar refractivity (Wildman–Crippen MR) is 143 cm³/mol. The molecule has 35 heavy (non-hydrogen) atoms. The Morgan fingerprint density at radius 2 is 0.600 bits per heavy atom. The molecule has 0 N–H and O–H groups in total. The van der Waals surface area contributed by atoms with Gasteiger partial charge < -0.3 is 18.9 Å². The zero-order valence-electron chi connectivity index (χ0n) is 22.4. The molecule has 0 fully saturated rings. The summed E-state index contributed by atoms with van der Waals surface area (Å²) in [5.74, 6) is 2.63. The molecule has 0 amide bonds. The highest BCUT2D eigenvalue weighted by Gasteiger charge is 2.29. The van der Waals surface area contributed by atoms with Crippen LogP contribution in [0.3, 0.4) is 0 Å². The molecule has 0 saturated carbocycles. The van der Waals surface area contributed by atoms with E-state index in [4.69, 9.17) is 14.2 Å². The van der Waals surface area contributed by atoms with Crippen LogP contribution in [-0.2, 0) is 10.9 Å². The van der Waals surface area contributed by atoms with Gasteiger partial charge >= 0.3 is 0 Å². The normalized spacial score (nSPS) is 12.2. The van der Waals surface area contributed by atoms with Crippen molar-refractivity contribution in [1.29, 1.82) is 0 Å². The van der Waals surface area contributed by atoms with E-state index in [1.807, 2.05) is 0 Å². The topological polar surface area (TPSA) is 27.7 Å². The Hall–Kier alpha value is -2.66. The van der Waals surface area contributed by atoms with Crippen molar-refractivity contribution in [3.63, 3.8) is 0 Å². The van der Waals surface area contributed by atoms with E-state index in [1.165, 1.54) is 14.7 Å². The van der Waals surface area contributed by atoms with Gasteiger partial charge in [0.25, 0.3) is 0 Å². The minimum atomic E-state index is -0.276. The van der Waals surface area contributed by atoms with Crippen LogP contribution in [0, 0.1) is 0 Å². The molecular weight excluding hydrogens is 459 g/mol. The fourth-order valence-corrected chi connectivity index (χ4v) is 5.44. The predicted octanol–water partition coefficient (Wildman–Crippen LogP) is 5.32. The van der Waals surface area contributed by atoms with Gasteiger partial charge in [0.05, 0.1) is 10.9 Å². The van der Waals surface area contributed by atoms with Gasteiger partial charge in [-0.05, 0) is 135 Å². The molecule has 0 aromatic heterocycles. The smallest absolute Gasteiger partial charge is 0.166 e. The van der Waals surface area contributed by atoms with Crippen molar-refractivity contribution in [2.45, 2.75) is 93.8 Å². The Labute approximate surface area is 213 Å². The lowest BCUT2D eigenvalue weighted by Crippen LogP contribution is -3.00. The molecule has 0 unspecified atom stereocenters. The van der Waals surface area contributed by atoms with Crippen molar-refractivity contribution in [2.75, 3.05) is 0 Å². The first-order valence-corrected chi connectivity index (χ1v) is 13.0. The molecule has 0 atom stereocenters. The summed E-state index contributed by atoms with van der Waals surface area (Å²) in [6, 6.07) is 25.4. The van der Waals surface area contributed by atoms with Crippen LogP contribution in [0.2, 0.25) is 0 Å². The fourth-order valence-electron chi connectivity index (χ4n) is 3.40. The molecule has 0 heterocycles. The maximum absolute atomic E-state index is 6.04. The highest BCUT2D eigenvalue weighted by atomic mass is 32.2. The lowest BCUT2D eigenvalue weighted by atomic mass is 10.2. The van der Waals surface area contributed by atoms with E-state index in [-0.39, 0.29) is 32.4 Å². The number of halogens is 1. The van der Waals surface area contributed by atoms with E-state index in [0.29, 0.717) is 0 Å². The molecule has 0 aliphatic rings. The summed E-state index contributed by atoms with van der Waals surface area (Å²) >= 11 is 0. The van der Waals surface area contributed by atoms with E-state index in [9.17, 15) is 0 Å². The summed E-state index contributed by atoms with van der Waals surface area (Å²) in [6.07, 6.45) is 0. The lowest BCUT2D eigenvalue weighted by Gasteiger charge is -2.22. The van der Waals surface area contributed by atoms with Gasteiger partial charge in [-0.2, -0.15) is 0 Å². The van der Waals surface area contributed by atoms with Crippen LogP contribution in [0.4, 0.5) is 0 Å². The zero-order valence-corrected chi connectivity index (χ0v) is 23.3. The number of ether oxygens (including phenoxy) is 3. The van der Waals surface area contributed by atoms with Crippen LogP contribution in [0.25, 0.3) is 0 Å². The third-order valence-corrected chi connectivity index (χ3v) is 6.68. The second kappa shape index (κ2) is 10.9. The van der Waals surface area contributed by atoms with Crippen LogP contribution in [0.5, 0.6) is 17.2 Å². The van der Waals surface area contributed by atoms with Crippen molar-refractivity contribution in [1.82, 2.24) is 0 Å². The van der Waals surface area contributed by atoms with Crippen molar-refractivity contribution in [2.24, 2.45) is 0 Å². The van der Waals surface area contributed by atoms with Gasteiger partial charge in [0.2, 0.25) is 0 Å². The SMILES string of the molecule is CC(C)(C)Oc1ccc([S+](c2ccc(OC(C)(C)C)cc2)c2ccc(OC(C)(C)C)cc2)cc1.[F-]. The first-order valence-electron chi connectivity index (χ1n) is 11.8. The molecule has 0 bridgehead atoms. The second-order valence-corrected chi connectivity index (χ2v) is 13.4. The van der Waals surface area contributed by atoms with E-state index in [2.05, 4.69) is 135 Å². The minimum Gasteiger partial charge on any atom is -1.00 e. The highest BCUT2D eigenvalue weighted by molar-refractivity contribution is 7.97. The van der Waals surface area contributed by atoms with Crippen LogP contribution in [0.15, 0.2) is 87.5 Å². The van der Waals surface area contributed by atoms with Gasteiger partial charge in [-0.25, -0.2) is 0 Å². The Morgan fingerprint density at radius 3 is 0.771 bits per heavy atom.